The third-order valence-electron chi connectivity index (χ3n) is 3.96. The zero-order chi connectivity index (χ0) is 17.7. The maximum atomic E-state index is 11.9. The fourth-order valence-electron chi connectivity index (χ4n) is 2.58. The van der Waals surface area contributed by atoms with Crippen LogP contribution in [0.3, 0.4) is 0 Å². The van der Waals surface area contributed by atoms with Crippen LogP contribution in [-0.2, 0) is 16.1 Å². The zero-order valence-electron chi connectivity index (χ0n) is 14.3. The van der Waals surface area contributed by atoms with Crippen LogP contribution in [0.15, 0.2) is 18.2 Å². The third-order valence-corrected chi connectivity index (χ3v) is 3.96. The normalized spacial score (nSPS) is 17.4. The highest BCUT2D eigenvalue weighted by molar-refractivity contribution is 5.86. The van der Waals surface area contributed by atoms with Crippen molar-refractivity contribution in [1.82, 2.24) is 9.80 Å². The number of carboxylic acids is 1. The number of amides is 1. The van der Waals surface area contributed by atoms with Crippen molar-refractivity contribution < 1.29 is 24.2 Å². The number of benzene rings is 1. The maximum absolute atomic E-state index is 11.9. The molecule has 1 unspecified atom stereocenters. The van der Waals surface area contributed by atoms with E-state index >= 15 is 0 Å². The fraction of sp³-hybridized carbons (Fsp3) is 0.529. The summed E-state index contributed by atoms with van der Waals surface area (Å²) in [5.41, 5.74) is 0.881. The lowest BCUT2D eigenvalue weighted by molar-refractivity contribution is -0.141. The number of carbonyl (C=O) groups is 2. The van der Waals surface area contributed by atoms with Crippen molar-refractivity contribution in [2.75, 3.05) is 40.9 Å². The molecule has 1 aromatic rings. The molecule has 7 heteroatoms. The number of likely N-dealkylation sites (N-methyl/N-ethyl adjacent to an activating group) is 1. The van der Waals surface area contributed by atoms with Gasteiger partial charge in [-0.1, -0.05) is 6.07 Å². The molecule has 1 aliphatic rings. The highest BCUT2D eigenvalue weighted by atomic mass is 16.5. The molecule has 0 bridgehead atoms. The number of likely N-dealkylation sites (tertiary alicyclic amines) is 1. The summed E-state index contributed by atoms with van der Waals surface area (Å²) in [5, 5.41) is 9.04. The fourth-order valence-corrected chi connectivity index (χ4v) is 2.58. The number of rotatable bonds is 8. The first-order valence-electron chi connectivity index (χ1n) is 7.85. The Labute approximate surface area is 141 Å². The molecular weight excluding hydrogens is 312 g/mol. The minimum absolute atomic E-state index is 0.0677. The van der Waals surface area contributed by atoms with Gasteiger partial charge in [0.2, 0.25) is 5.91 Å². The van der Waals surface area contributed by atoms with E-state index in [0.717, 1.165) is 12.1 Å². The molecule has 0 spiro atoms. The highest BCUT2D eigenvalue weighted by Gasteiger charge is 2.34. The molecule has 1 saturated heterocycles. The van der Waals surface area contributed by atoms with Crippen LogP contribution in [0.4, 0.5) is 0 Å². The Morgan fingerprint density at radius 2 is 2.12 bits per heavy atom. The first-order valence-corrected chi connectivity index (χ1v) is 7.85. The van der Waals surface area contributed by atoms with Crippen molar-refractivity contribution in [2.24, 2.45) is 5.92 Å². The molecular formula is C17H24N2O5. The average Bonchev–Trinajstić information content (AvgIpc) is 2.89. The lowest BCUT2D eigenvalue weighted by Crippen LogP contribution is -2.25. The number of methoxy groups -OCH3 is 1. The minimum Gasteiger partial charge on any atom is -0.493 e. The summed E-state index contributed by atoms with van der Waals surface area (Å²) in [6, 6.07) is 5.51. The highest BCUT2D eigenvalue weighted by Crippen LogP contribution is 2.29. The Balaban J connectivity index is 2.01. The molecule has 24 heavy (non-hydrogen) atoms. The first kappa shape index (κ1) is 18.1. The van der Waals surface area contributed by atoms with E-state index in [1.165, 1.54) is 0 Å². The van der Waals surface area contributed by atoms with Gasteiger partial charge in [0.1, 0.15) is 6.61 Å². The third kappa shape index (κ3) is 4.61. The van der Waals surface area contributed by atoms with Crippen LogP contribution in [0.2, 0.25) is 0 Å². The molecule has 2 rings (SSSR count). The van der Waals surface area contributed by atoms with Gasteiger partial charge in [0, 0.05) is 26.1 Å². The molecule has 1 amide bonds. The Morgan fingerprint density at radius 1 is 1.38 bits per heavy atom. The standard InChI is InChI=1S/C17H24N2O5/c1-18(2)6-7-24-14-5-4-12(8-15(14)23-3)10-19-11-13(17(21)22)9-16(19)20/h4-5,8,13H,6-7,9-11H2,1-3H3,(H,21,22). The minimum atomic E-state index is -0.923. The number of ether oxygens (including phenoxy) is 2. The Morgan fingerprint density at radius 3 is 2.71 bits per heavy atom. The van der Waals surface area contributed by atoms with Crippen molar-refractivity contribution in [1.29, 1.82) is 0 Å². The second-order valence-corrected chi connectivity index (χ2v) is 6.15. The predicted molar refractivity (Wildman–Crippen MR) is 88.2 cm³/mol. The smallest absolute Gasteiger partial charge is 0.308 e. The van der Waals surface area contributed by atoms with Crippen LogP contribution in [0.1, 0.15) is 12.0 Å². The Bertz CT molecular complexity index is 603. The maximum Gasteiger partial charge on any atom is 0.308 e. The number of nitrogens with zero attached hydrogens (tertiary/aromatic N) is 2. The van der Waals surface area contributed by atoms with Crippen LogP contribution in [-0.4, -0.2) is 67.7 Å². The van der Waals surface area contributed by atoms with Gasteiger partial charge in [-0.25, -0.2) is 0 Å². The summed E-state index contributed by atoms with van der Waals surface area (Å²) in [7, 11) is 5.52. The van der Waals surface area contributed by atoms with Gasteiger partial charge < -0.3 is 24.4 Å². The van der Waals surface area contributed by atoms with Gasteiger partial charge in [0.25, 0.3) is 0 Å². The van der Waals surface area contributed by atoms with E-state index in [1.807, 2.05) is 37.2 Å². The van der Waals surface area contributed by atoms with E-state index in [0.29, 0.717) is 24.7 Å². The molecule has 1 heterocycles. The second-order valence-electron chi connectivity index (χ2n) is 6.15. The lowest BCUT2D eigenvalue weighted by Gasteiger charge is -2.18. The molecule has 1 aromatic carbocycles. The number of hydrogen-bond acceptors (Lipinski definition) is 5. The van der Waals surface area contributed by atoms with Gasteiger partial charge in [0.15, 0.2) is 11.5 Å². The Kier molecular flexibility index (Phi) is 6.03. The molecule has 1 aliphatic heterocycles. The predicted octanol–water partition coefficient (Wildman–Crippen LogP) is 1.07. The molecule has 1 N–H and O–H groups in total. The van der Waals surface area contributed by atoms with Crippen molar-refractivity contribution in [3.05, 3.63) is 23.8 Å². The molecule has 0 aliphatic carbocycles. The summed E-state index contributed by atoms with van der Waals surface area (Å²) < 4.78 is 11.1. The van der Waals surface area contributed by atoms with E-state index in [4.69, 9.17) is 14.6 Å². The van der Waals surface area contributed by atoms with E-state index in [9.17, 15) is 9.59 Å². The molecule has 7 nitrogen and oxygen atoms in total. The van der Waals surface area contributed by atoms with Crippen molar-refractivity contribution in [3.63, 3.8) is 0 Å². The summed E-state index contributed by atoms with van der Waals surface area (Å²) in [6.45, 7) is 1.96. The zero-order valence-corrected chi connectivity index (χ0v) is 14.3. The van der Waals surface area contributed by atoms with Gasteiger partial charge in [-0.15, -0.1) is 0 Å². The van der Waals surface area contributed by atoms with Gasteiger partial charge >= 0.3 is 5.97 Å². The molecule has 132 valence electrons. The number of carbonyl (C=O) groups excluding carboxylic acids is 1. The van der Waals surface area contributed by atoms with E-state index in [1.54, 1.807) is 12.0 Å². The van der Waals surface area contributed by atoms with Crippen LogP contribution in [0, 0.1) is 5.92 Å². The van der Waals surface area contributed by atoms with E-state index < -0.39 is 11.9 Å². The van der Waals surface area contributed by atoms with Gasteiger partial charge in [-0.3, -0.25) is 9.59 Å². The largest absolute Gasteiger partial charge is 0.493 e. The monoisotopic (exact) mass is 336 g/mol. The quantitative estimate of drug-likeness (QED) is 0.765. The van der Waals surface area contributed by atoms with Crippen LogP contribution in [0.5, 0.6) is 11.5 Å². The summed E-state index contributed by atoms with van der Waals surface area (Å²) in [6.07, 6.45) is 0.0677. The van der Waals surface area contributed by atoms with Crippen LogP contribution in [0.25, 0.3) is 0 Å². The van der Waals surface area contributed by atoms with Crippen molar-refractivity contribution >= 4 is 11.9 Å². The van der Waals surface area contributed by atoms with Gasteiger partial charge in [-0.05, 0) is 31.8 Å². The van der Waals surface area contributed by atoms with E-state index in [2.05, 4.69) is 0 Å². The summed E-state index contributed by atoms with van der Waals surface area (Å²) in [4.78, 5) is 26.5. The van der Waals surface area contributed by atoms with Crippen molar-refractivity contribution in [2.45, 2.75) is 13.0 Å². The topological polar surface area (TPSA) is 79.3 Å². The molecule has 0 saturated carbocycles. The van der Waals surface area contributed by atoms with Crippen LogP contribution < -0.4 is 9.47 Å². The number of carboxylic acid groups (broad SMARTS) is 1. The first-order chi connectivity index (χ1) is 11.4. The summed E-state index contributed by atoms with van der Waals surface area (Å²) >= 11 is 0. The number of aliphatic carboxylic acids is 1. The van der Waals surface area contributed by atoms with Gasteiger partial charge in [-0.2, -0.15) is 0 Å². The molecule has 0 radical (unpaired) electrons. The summed E-state index contributed by atoms with van der Waals surface area (Å²) in [5.74, 6) is -0.416. The molecule has 1 atom stereocenters. The van der Waals surface area contributed by atoms with Crippen molar-refractivity contribution in [3.8, 4) is 11.5 Å². The second kappa shape index (κ2) is 8.01. The van der Waals surface area contributed by atoms with Crippen LogP contribution >= 0.6 is 0 Å². The lowest BCUT2D eigenvalue weighted by atomic mass is 10.1. The Hall–Kier alpha value is -2.28. The van der Waals surface area contributed by atoms with Gasteiger partial charge in [0.05, 0.1) is 13.0 Å². The number of hydrogen-bond donors (Lipinski definition) is 1. The van der Waals surface area contributed by atoms with E-state index in [-0.39, 0.29) is 18.9 Å². The molecule has 0 aromatic heterocycles. The molecule has 1 fully saturated rings. The SMILES string of the molecule is COc1cc(CN2CC(C(=O)O)CC2=O)ccc1OCCN(C)C. The average molecular weight is 336 g/mol.